The molecule has 2 aromatic carbocycles. The van der Waals surface area contributed by atoms with Gasteiger partial charge in [0.15, 0.2) is 0 Å². The quantitative estimate of drug-likeness (QED) is 0.736. The predicted octanol–water partition coefficient (Wildman–Crippen LogP) is 5.40. The van der Waals surface area contributed by atoms with Crippen molar-refractivity contribution in [1.82, 2.24) is 4.90 Å². The van der Waals surface area contributed by atoms with Crippen molar-refractivity contribution in [3.63, 3.8) is 0 Å². The van der Waals surface area contributed by atoms with Gasteiger partial charge in [0.25, 0.3) is 0 Å². The number of nitrogens with zero attached hydrogens (tertiary/aromatic N) is 1. The Labute approximate surface area is 141 Å². The lowest BCUT2D eigenvalue weighted by molar-refractivity contribution is 0.213. The van der Waals surface area contributed by atoms with Crippen LogP contribution in [0.15, 0.2) is 48.5 Å². The van der Waals surface area contributed by atoms with Gasteiger partial charge in [0, 0.05) is 24.3 Å². The van der Waals surface area contributed by atoms with Gasteiger partial charge in [-0.2, -0.15) is 0 Å². The van der Waals surface area contributed by atoms with Gasteiger partial charge in [-0.25, -0.2) is 0 Å². The van der Waals surface area contributed by atoms with Gasteiger partial charge in [0.05, 0.1) is 0 Å². The minimum atomic E-state index is 0.397. The van der Waals surface area contributed by atoms with Crippen LogP contribution in [0.3, 0.4) is 0 Å². The zero-order valence-corrected chi connectivity index (χ0v) is 15.1. The molecule has 0 aliphatic carbocycles. The second-order valence-corrected chi connectivity index (χ2v) is 6.60. The average molecular weight is 310 g/mol. The fraction of sp³-hybridized carbons (Fsp3) is 0.429. The molecule has 0 saturated carbocycles. The van der Waals surface area contributed by atoms with Crippen LogP contribution in [0.25, 0.3) is 0 Å². The Hall–Kier alpha value is -1.80. The largest absolute Gasteiger partial charge is 0.383 e. The van der Waals surface area contributed by atoms with E-state index in [0.29, 0.717) is 12.1 Å². The Morgan fingerprint density at radius 2 is 1.70 bits per heavy atom. The van der Waals surface area contributed by atoms with E-state index in [1.807, 2.05) is 0 Å². The summed E-state index contributed by atoms with van der Waals surface area (Å²) in [6, 6.07) is 18.4. The first-order valence-electron chi connectivity index (χ1n) is 8.66. The van der Waals surface area contributed by atoms with Crippen molar-refractivity contribution in [2.45, 2.75) is 53.2 Å². The topological polar surface area (TPSA) is 15.3 Å². The van der Waals surface area contributed by atoms with Gasteiger partial charge in [-0.3, -0.25) is 4.90 Å². The highest BCUT2D eigenvalue weighted by molar-refractivity contribution is 5.53. The van der Waals surface area contributed by atoms with Gasteiger partial charge in [-0.05, 0) is 57.0 Å². The molecule has 0 unspecified atom stereocenters. The Balaban J connectivity index is 2.18. The summed E-state index contributed by atoms with van der Waals surface area (Å²) in [6.07, 6.45) is 0. The molecule has 1 atom stereocenters. The molecule has 2 heteroatoms. The fourth-order valence-corrected chi connectivity index (χ4v) is 2.92. The summed E-state index contributed by atoms with van der Waals surface area (Å²) < 4.78 is 0. The molecule has 2 aromatic rings. The van der Waals surface area contributed by atoms with Crippen LogP contribution in [0.4, 0.5) is 5.69 Å². The SMILES string of the molecule is CCN(Cc1ccccc1)[C@H](C)c1ccc(C)c(NC(C)C)c1. The molecule has 0 heterocycles. The molecule has 0 aromatic heterocycles. The van der Waals surface area contributed by atoms with E-state index in [2.05, 4.69) is 93.4 Å². The summed E-state index contributed by atoms with van der Waals surface area (Å²) in [4.78, 5) is 2.51. The second-order valence-electron chi connectivity index (χ2n) is 6.60. The van der Waals surface area contributed by atoms with Crippen molar-refractivity contribution in [1.29, 1.82) is 0 Å². The molecule has 0 aliphatic rings. The standard InChI is InChI=1S/C21H30N2/c1-6-23(15-19-10-8-7-9-11-19)18(5)20-13-12-17(4)21(14-20)22-16(2)3/h7-14,16,18,22H,6,15H2,1-5H3/t18-/m1/s1. The molecule has 0 spiro atoms. The van der Waals surface area contributed by atoms with Crippen LogP contribution in [0.1, 0.15) is 50.4 Å². The van der Waals surface area contributed by atoms with Crippen LogP contribution in [0, 0.1) is 6.92 Å². The Morgan fingerprint density at radius 1 is 1.00 bits per heavy atom. The lowest BCUT2D eigenvalue weighted by atomic mass is 10.0. The second kappa shape index (κ2) is 8.16. The van der Waals surface area contributed by atoms with Crippen molar-refractivity contribution in [2.24, 2.45) is 0 Å². The number of benzene rings is 2. The monoisotopic (exact) mass is 310 g/mol. The molecule has 0 saturated heterocycles. The van der Waals surface area contributed by atoms with Gasteiger partial charge in [0.2, 0.25) is 0 Å². The zero-order valence-electron chi connectivity index (χ0n) is 15.1. The molecule has 0 amide bonds. The predicted molar refractivity (Wildman–Crippen MR) is 101 cm³/mol. The number of rotatable bonds is 7. The molecule has 0 bridgehead atoms. The molecule has 0 aliphatic heterocycles. The first-order valence-corrected chi connectivity index (χ1v) is 8.66. The van der Waals surface area contributed by atoms with Crippen LogP contribution in [0.5, 0.6) is 0 Å². The molecule has 124 valence electrons. The third-order valence-electron chi connectivity index (χ3n) is 4.37. The highest BCUT2D eigenvalue weighted by Crippen LogP contribution is 2.27. The summed E-state index contributed by atoms with van der Waals surface area (Å²) in [5.74, 6) is 0. The number of nitrogens with one attached hydrogen (secondary N) is 1. The number of hydrogen-bond acceptors (Lipinski definition) is 2. The van der Waals surface area contributed by atoms with E-state index in [0.717, 1.165) is 13.1 Å². The van der Waals surface area contributed by atoms with Crippen LogP contribution < -0.4 is 5.32 Å². The fourth-order valence-electron chi connectivity index (χ4n) is 2.92. The Kier molecular flexibility index (Phi) is 6.23. The van der Waals surface area contributed by atoms with Gasteiger partial charge in [-0.15, -0.1) is 0 Å². The van der Waals surface area contributed by atoms with Gasteiger partial charge >= 0.3 is 0 Å². The van der Waals surface area contributed by atoms with E-state index in [1.165, 1.54) is 22.4 Å². The first-order chi connectivity index (χ1) is 11.0. The van der Waals surface area contributed by atoms with Crippen LogP contribution in [-0.2, 0) is 6.54 Å². The summed E-state index contributed by atoms with van der Waals surface area (Å²) in [7, 11) is 0. The van der Waals surface area contributed by atoms with Crippen LogP contribution >= 0.6 is 0 Å². The third-order valence-corrected chi connectivity index (χ3v) is 4.37. The maximum atomic E-state index is 3.56. The van der Waals surface area contributed by atoms with Crippen molar-refractivity contribution >= 4 is 5.69 Å². The highest BCUT2D eigenvalue weighted by atomic mass is 15.1. The van der Waals surface area contributed by atoms with Crippen molar-refractivity contribution in [3.05, 3.63) is 65.2 Å². The normalized spacial score (nSPS) is 12.7. The summed E-state index contributed by atoms with van der Waals surface area (Å²) in [6.45, 7) is 13.1. The van der Waals surface area contributed by atoms with Gasteiger partial charge in [0.1, 0.15) is 0 Å². The molecule has 0 fully saturated rings. The Bertz CT molecular complexity index is 604. The van der Waals surface area contributed by atoms with Crippen LogP contribution in [0.2, 0.25) is 0 Å². The van der Waals surface area contributed by atoms with Crippen molar-refractivity contribution in [3.8, 4) is 0 Å². The van der Waals surface area contributed by atoms with Crippen LogP contribution in [-0.4, -0.2) is 17.5 Å². The molecule has 0 radical (unpaired) electrons. The number of hydrogen-bond donors (Lipinski definition) is 1. The van der Waals surface area contributed by atoms with Gasteiger partial charge in [-0.1, -0.05) is 49.4 Å². The van der Waals surface area contributed by atoms with Crippen molar-refractivity contribution < 1.29 is 0 Å². The molecule has 2 rings (SSSR count). The number of aryl methyl sites for hydroxylation is 1. The third kappa shape index (κ3) is 4.84. The average Bonchev–Trinajstić information content (AvgIpc) is 2.54. The molecule has 2 nitrogen and oxygen atoms in total. The molecule has 1 N–H and O–H groups in total. The van der Waals surface area contributed by atoms with E-state index in [-0.39, 0.29) is 0 Å². The van der Waals surface area contributed by atoms with E-state index >= 15 is 0 Å². The summed E-state index contributed by atoms with van der Waals surface area (Å²) in [5.41, 5.74) is 5.30. The van der Waals surface area contributed by atoms with Crippen molar-refractivity contribution in [2.75, 3.05) is 11.9 Å². The van der Waals surface area contributed by atoms with E-state index < -0.39 is 0 Å². The number of anilines is 1. The van der Waals surface area contributed by atoms with E-state index in [1.54, 1.807) is 0 Å². The first kappa shape index (κ1) is 17.6. The molecular weight excluding hydrogens is 280 g/mol. The molecule has 23 heavy (non-hydrogen) atoms. The smallest absolute Gasteiger partial charge is 0.0375 e. The molecular formula is C21H30N2. The zero-order chi connectivity index (χ0) is 16.8. The minimum Gasteiger partial charge on any atom is -0.383 e. The van der Waals surface area contributed by atoms with E-state index in [4.69, 9.17) is 0 Å². The maximum absolute atomic E-state index is 3.56. The summed E-state index contributed by atoms with van der Waals surface area (Å²) >= 11 is 0. The lowest BCUT2D eigenvalue weighted by Gasteiger charge is -2.29. The Morgan fingerprint density at radius 3 is 2.30 bits per heavy atom. The van der Waals surface area contributed by atoms with Gasteiger partial charge < -0.3 is 5.32 Å². The maximum Gasteiger partial charge on any atom is 0.0375 e. The van der Waals surface area contributed by atoms with E-state index in [9.17, 15) is 0 Å². The minimum absolute atomic E-state index is 0.397. The lowest BCUT2D eigenvalue weighted by Crippen LogP contribution is -2.26. The summed E-state index contributed by atoms with van der Waals surface area (Å²) in [5, 5.41) is 3.56. The highest BCUT2D eigenvalue weighted by Gasteiger charge is 2.15.